The van der Waals surface area contributed by atoms with Crippen LogP contribution in [0.3, 0.4) is 0 Å². The summed E-state index contributed by atoms with van der Waals surface area (Å²) >= 11 is 9.97. The van der Waals surface area contributed by atoms with Crippen molar-refractivity contribution in [3.63, 3.8) is 0 Å². The van der Waals surface area contributed by atoms with Gasteiger partial charge < -0.3 is 10.4 Å². The van der Waals surface area contributed by atoms with E-state index in [9.17, 15) is 9.90 Å². The second kappa shape index (κ2) is 6.07. The van der Waals surface area contributed by atoms with E-state index >= 15 is 0 Å². The Kier molecular flexibility index (Phi) is 4.65. The fraction of sp³-hybridized carbons (Fsp3) is 0. The molecule has 19 heavy (non-hydrogen) atoms. The van der Waals surface area contributed by atoms with Gasteiger partial charge in [-0.1, -0.05) is 6.07 Å². The van der Waals surface area contributed by atoms with E-state index in [1.807, 2.05) is 6.07 Å². The lowest BCUT2D eigenvalue weighted by Gasteiger charge is -2.09. The Morgan fingerprint density at radius 2 is 1.74 bits per heavy atom. The molecule has 2 aromatic rings. The predicted molar refractivity (Wildman–Crippen MR) is 85.6 cm³/mol. The van der Waals surface area contributed by atoms with Crippen LogP contribution in [0.4, 0.5) is 5.69 Å². The summed E-state index contributed by atoms with van der Waals surface area (Å²) in [7, 11) is 0. The number of phenols is 1. The molecule has 0 unspecified atom stereocenters. The van der Waals surface area contributed by atoms with Crippen molar-refractivity contribution in [3.8, 4) is 5.75 Å². The molecular formula is C13H8Br3NO2. The number of anilines is 1. The van der Waals surface area contributed by atoms with E-state index in [0.29, 0.717) is 10.2 Å². The summed E-state index contributed by atoms with van der Waals surface area (Å²) in [6.45, 7) is 0. The molecule has 0 aliphatic rings. The lowest BCUT2D eigenvalue weighted by Crippen LogP contribution is -2.12. The Hall–Kier alpha value is -0.850. The summed E-state index contributed by atoms with van der Waals surface area (Å²) in [6.07, 6.45) is 0. The third-order valence-electron chi connectivity index (χ3n) is 2.40. The van der Waals surface area contributed by atoms with Crippen molar-refractivity contribution in [1.29, 1.82) is 0 Å². The van der Waals surface area contributed by atoms with Crippen LogP contribution < -0.4 is 5.32 Å². The number of aromatic hydroxyl groups is 1. The van der Waals surface area contributed by atoms with Gasteiger partial charge in [-0.05, 0) is 78.1 Å². The Morgan fingerprint density at radius 1 is 1.00 bits per heavy atom. The summed E-state index contributed by atoms with van der Waals surface area (Å²) < 4.78 is 2.28. The highest BCUT2D eigenvalue weighted by Gasteiger charge is 2.15. The summed E-state index contributed by atoms with van der Waals surface area (Å²) in [5.41, 5.74) is 0.844. The van der Waals surface area contributed by atoms with Crippen LogP contribution in [-0.2, 0) is 0 Å². The highest BCUT2D eigenvalue weighted by molar-refractivity contribution is 9.13. The molecule has 0 saturated carbocycles. The number of phenolic OH excluding ortho intramolecular Hbond substituents is 1. The van der Waals surface area contributed by atoms with Crippen molar-refractivity contribution in [2.45, 2.75) is 0 Å². The molecular weight excluding hydrogens is 442 g/mol. The standard InChI is InChI=1S/C13H8Br3NO2/c14-8-5-4-7(6-10(8)16)17-13(19)12-9(15)2-1-3-11(12)18/h1-6,18H,(H,17,19). The third kappa shape index (κ3) is 3.38. The molecule has 2 rings (SSSR count). The molecule has 0 fully saturated rings. The molecule has 3 nitrogen and oxygen atoms in total. The summed E-state index contributed by atoms with van der Waals surface area (Å²) in [5, 5.41) is 12.5. The molecule has 2 aromatic carbocycles. The van der Waals surface area contributed by atoms with Gasteiger partial charge in [0.15, 0.2) is 0 Å². The largest absolute Gasteiger partial charge is 0.507 e. The van der Waals surface area contributed by atoms with Crippen molar-refractivity contribution in [1.82, 2.24) is 0 Å². The molecule has 0 atom stereocenters. The summed E-state index contributed by atoms with van der Waals surface area (Å²) in [5.74, 6) is -0.442. The molecule has 2 N–H and O–H groups in total. The first-order valence-electron chi connectivity index (χ1n) is 5.23. The number of hydrogen-bond donors (Lipinski definition) is 2. The minimum absolute atomic E-state index is 0.0666. The molecule has 0 radical (unpaired) electrons. The Morgan fingerprint density at radius 3 is 2.37 bits per heavy atom. The molecule has 0 saturated heterocycles. The van der Waals surface area contributed by atoms with Crippen LogP contribution >= 0.6 is 47.8 Å². The lowest BCUT2D eigenvalue weighted by molar-refractivity contribution is 0.102. The second-order valence-corrected chi connectivity index (χ2v) is 6.28. The van der Waals surface area contributed by atoms with Crippen molar-refractivity contribution < 1.29 is 9.90 Å². The number of amides is 1. The second-order valence-electron chi connectivity index (χ2n) is 3.72. The SMILES string of the molecule is O=C(Nc1ccc(Br)c(Br)c1)c1c(O)cccc1Br. The highest BCUT2D eigenvalue weighted by atomic mass is 79.9. The maximum Gasteiger partial charge on any atom is 0.260 e. The van der Waals surface area contributed by atoms with Crippen LogP contribution in [0.15, 0.2) is 49.8 Å². The van der Waals surface area contributed by atoms with Gasteiger partial charge in [0.1, 0.15) is 5.75 Å². The Bertz CT molecular complexity index is 624. The zero-order chi connectivity index (χ0) is 14.0. The number of benzene rings is 2. The first kappa shape index (κ1) is 14.6. The van der Waals surface area contributed by atoms with Gasteiger partial charge in [0.05, 0.1) is 5.56 Å². The summed E-state index contributed by atoms with van der Waals surface area (Å²) in [4.78, 5) is 12.1. The van der Waals surface area contributed by atoms with Crippen LogP contribution in [0.2, 0.25) is 0 Å². The maximum atomic E-state index is 12.1. The van der Waals surface area contributed by atoms with Gasteiger partial charge >= 0.3 is 0 Å². The first-order chi connectivity index (χ1) is 8.99. The van der Waals surface area contributed by atoms with Crippen molar-refractivity contribution >= 4 is 59.4 Å². The Balaban J connectivity index is 2.28. The van der Waals surface area contributed by atoms with E-state index in [4.69, 9.17) is 0 Å². The highest BCUT2D eigenvalue weighted by Crippen LogP contribution is 2.29. The normalized spacial score (nSPS) is 10.3. The molecule has 0 aromatic heterocycles. The van der Waals surface area contributed by atoms with E-state index in [2.05, 4.69) is 53.1 Å². The van der Waals surface area contributed by atoms with Gasteiger partial charge in [-0.3, -0.25) is 4.79 Å². The van der Waals surface area contributed by atoms with Gasteiger partial charge in [-0.25, -0.2) is 0 Å². The Labute approximate surface area is 135 Å². The smallest absolute Gasteiger partial charge is 0.260 e. The zero-order valence-corrected chi connectivity index (χ0v) is 14.2. The van der Waals surface area contributed by atoms with Gasteiger partial charge in [0.25, 0.3) is 5.91 Å². The van der Waals surface area contributed by atoms with E-state index in [1.165, 1.54) is 6.07 Å². The van der Waals surface area contributed by atoms with E-state index in [-0.39, 0.29) is 17.2 Å². The summed E-state index contributed by atoms with van der Waals surface area (Å²) in [6, 6.07) is 10.2. The zero-order valence-electron chi connectivity index (χ0n) is 9.45. The van der Waals surface area contributed by atoms with Gasteiger partial charge in [-0.2, -0.15) is 0 Å². The molecule has 1 amide bonds. The molecule has 0 aliphatic carbocycles. The molecule has 98 valence electrons. The van der Waals surface area contributed by atoms with Crippen LogP contribution in [0.25, 0.3) is 0 Å². The van der Waals surface area contributed by atoms with E-state index in [0.717, 1.165) is 8.95 Å². The number of carbonyl (C=O) groups is 1. The van der Waals surface area contributed by atoms with Gasteiger partial charge in [0, 0.05) is 19.1 Å². The number of nitrogens with one attached hydrogen (secondary N) is 1. The quantitative estimate of drug-likeness (QED) is 0.682. The molecule has 0 spiro atoms. The van der Waals surface area contributed by atoms with Crippen molar-refractivity contribution in [3.05, 3.63) is 55.4 Å². The monoisotopic (exact) mass is 447 g/mol. The fourth-order valence-electron chi connectivity index (χ4n) is 1.51. The lowest BCUT2D eigenvalue weighted by atomic mass is 10.2. The van der Waals surface area contributed by atoms with E-state index in [1.54, 1.807) is 24.3 Å². The van der Waals surface area contributed by atoms with Crippen LogP contribution in [-0.4, -0.2) is 11.0 Å². The molecule has 6 heteroatoms. The average Bonchev–Trinajstić information content (AvgIpc) is 2.33. The number of hydrogen-bond acceptors (Lipinski definition) is 2. The minimum Gasteiger partial charge on any atom is -0.507 e. The average molecular weight is 450 g/mol. The van der Waals surface area contributed by atoms with Crippen LogP contribution in [0.1, 0.15) is 10.4 Å². The minimum atomic E-state index is -0.376. The van der Waals surface area contributed by atoms with Gasteiger partial charge in [-0.15, -0.1) is 0 Å². The number of halogens is 3. The first-order valence-corrected chi connectivity index (χ1v) is 7.61. The molecule has 0 aliphatic heterocycles. The van der Waals surface area contributed by atoms with Crippen molar-refractivity contribution in [2.24, 2.45) is 0 Å². The maximum absolute atomic E-state index is 12.1. The van der Waals surface area contributed by atoms with Crippen LogP contribution in [0, 0.1) is 0 Å². The molecule has 0 heterocycles. The van der Waals surface area contributed by atoms with Crippen molar-refractivity contribution in [2.75, 3.05) is 5.32 Å². The number of rotatable bonds is 2. The van der Waals surface area contributed by atoms with E-state index < -0.39 is 0 Å². The third-order valence-corrected chi connectivity index (χ3v) is 4.94. The fourth-order valence-corrected chi connectivity index (χ4v) is 2.67. The van der Waals surface area contributed by atoms with Gasteiger partial charge in [0.2, 0.25) is 0 Å². The predicted octanol–water partition coefficient (Wildman–Crippen LogP) is 4.93. The number of carbonyl (C=O) groups excluding carboxylic acids is 1. The van der Waals surface area contributed by atoms with Crippen LogP contribution in [0.5, 0.6) is 5.75 Å². The molecule has 0 bridgehead atoms. The topological polar surface area (TPSA) is 49.3 Å².